The Hall–Kier alpha value is -2.55. The van der Waals surface area contributed by atoms with Crippen LogP contribution in [0.15, 0.2) is 16.7 Å². The van der Waals surface area contributed by atoms with Crippen molar-refractivity contribution in [1.82, 2.24) is 31.0 Å². The Labute approximate surface area is 113 Å². The van der Waals surface area contributed by atoms with Gasteiger partial charge in [0.15, 0.2) is 0 Å². The van der Waals surface area contributed by atoms with E-state index in [2.05, 4.69) is 31.0 Å². The highest BCUT2D eigenvalue weighted by atomic mass is 16.5. The van der Waals surface area contributed by atoms with Crippen molar-refractivity contribution in [3.8, 4) is 17.4 Å². The largest absolute Gasteiger partial charge is 0.480 e. The molecule has 1 atom stereocenters. The molecule has 2 N–H and O–H groups in total. The van der Waals surface area contributed by atoms with Gasteiger partial charge in [0, 0.05) is 12.6 Å². The number of carbonyl (C=O) groups excluding carboxylic acids is 1. The zero-order chi connectivity index (χ0) is 13.9. The van der Waals surface area contributed by atoms with Crippen LogP contribution in [-0.2, 0) is 4.79 Å². The number of carbonyl (C=O) groups is 1. The number of aromatic nitrogens is 4. The monoisotopic (exact) mass is 276 g/mol. The first-order chi connectivity index (χ1) is 9.76. The molecule has 0 radical (unpaired) electrons. The lowest BCUT2D eigenvalue weighted by Crippen LogP contribution is -2.47. The van der Waals surface area contributed by atoms with Gasteiger partial charge in [-0.05, 0) is 6.07 Å². The second kappa shape index (κ2) is 5.21. The molecule has 2 aromatic heterocycles. The third kappa shape index (κ3) is 2.43. The molecule has 9 heteroatoms. The summed E-state index contributed by atoms with van der Waals surface area (Å²) in [5.74, 6) is 1.10. The Morgan fingerprint density at radius 2 is 2.30 bits per heavy atom. The molecule has 0 aromatic carbocycles. The van der Waals surface area contributed by atoms with Crippen molar-refractivity contribution in [2.75, 3.05) is 20.2 Å². The average molecular weight is 276 g/mol. The number of ether oxygens (including phenoxy) is 1. The van der Waals surface area contributed by atoms with Crippen molar-refractivity contribution in [2.24, 2.45) is 0 Å². The molecule has 1 fully saturated rings. The van der Waals surface area contributed by atoms with E-state index in [4.69, 9.17) is 9.26 Å². The number of amides is 1. The van der Waals surface area contributed by atoms with Crippen LogP contribution in [-0.4, -0.2) is 46.4 Å². The third-order valence-electron chi connectivity index (χ3n) is 2.83. The predicted molar refractivity (Wildman–Crippen MR) is 65.6 cm³/mol. The van der Waals surface area contributed by atoms with Gasteiger partial charge in [-0.3, -0.25) is 10.1 Å². The molecule has 9 nitrogen and oxygen atoms in total. The second-order valence-corrected chi connectivity index (χ2v) is 4.15. The van der Waals surface area contributed by atoms with Gasteiger partial charge in [0.1, 0.15) is 11.7 Å². The molecule has 1 aliphatic heterocycles. The number of hydrogen-bond acceptors (Lipinski definition) is 8. The van der Waals surface area contributed by atoms with Crippen LogP contribution < -0.4 is 15.4 Å². The van der Waals surface area contributed by atoms with Gasteiger partial charge in [-0.1, -0.05) is 5.16 Å². The first-order valence-electron chi connectivity index (χ1n) is 5.98. The molecule has 1 aliphatic rings. The Morgan fingerprint density at radius 3 is 2.95 bits per heavy atom. The molecular formula is C11H12N6O3. The normalized spacial score (nSPS) is 18.6. The van der Waals surface area contributed by atoms with Gasteiger partial charge >= 0.3 is 0 Å². The minimum atomic E-state index is -0.194. The highest BCUT2D eigenvalue weighted by Crippen LogP contribution is 2.18. The predicted octanol–water partition coefficient (Wildman–Crippen LogP) is -0.704. The Balaban J connectivity index is 1.77. The van der Waals surface area contributed by atoms with Crippen LogP contribution in [0, 0.1) is 0 Å². The highest BCUT2D eigenvalue weighted by molar-refractivity contribution is 5.78. The maximum atomic E-state index is 11.1. The van der Waals surface area contributed by atoms with Crippen LogP contribution in [0.1, 0.15) is 11.9 Å². The summed E-state index contributed by atoms with van der Waals surface area (Å²) in [7, 11) is 1.51. The fraction of sp³-hybridized carbons (Fsp3) is 0.364. The summed E-state index contributed by atoms with van der Waals surface area (Å²) in [6.07, 6.45) is 0. The zero-order valence-corrected chi connectivity index (χ0v) is 10.7. The molecule has 1 saturated heterocycles. The average Bonchev–Trinajstić information content (AvgIpc) is 2.98. The summed E-state index contributed by atoms with van der Waals surface area (Å²) in [4.78, 5) is 15.3. The summed E-state index contributed by atoms with van der Waals surface area (Å²) in [6.45, 7) is 0.638. The van der Waals surface area contributed by atoms with E-state index in [1.165, 1.54) is 7.11 Å². The van der Waals surface area contributed by atoms with Crippen LogP contribution in [0.5, 0.6) is 5.88 Å². The van der Waals surface area contributed by atoms with Gasteiger partial charge in [-0.2, -0.15) is 4.98 Å². The maximum Gasteiger partial charge on any atom is 0.245 e. The molecule has 20 heavy (non-hydrogen) atoms. The Morgan fingerprint density at radius 1 is 1.40 bits per heavy atom. The molecule has 0 saturated carbocycles. The van der Waals surface area contributed by atoms with Crippen molar-refractivity contribution in [3.63, 3.8) is 0 Å². The molecule has 3 rings (SSSR count). The van der Waals surface area contributed by atoms with E-state index >= 15 is 0 Å². The van der Waals surface area contributed by atoms with Crippen LogP contribution >= 0.6 is 0 Å². The lowest BCUT2D eigenvalue weighted by molar-refractivity contribution is -0.121. The van der Waals surface area contributed by atoms with E-state index in [-0.39, 0.29) is 18.5 Å². The molecule has 3 heterocycles. The van der Waals surface area contributed by atoms with E-state index in [1.54, 1.807) is 12.1 Å². The number of rotatable bonds is 3. The van der Waals surface area contributed by atoms with Crippen molar-refractivity contribution < 1.29 is 14.1 Å². The van der Waals surface area contributed by atoms with E-state index in [9.17, 15) is 4.79 Å². The van der Waals surface area contributed by atoms with E-state index in [1.807, 2.05) is 0 Å². The molecule has 0 bridgehead atoms. The quantitative estimate of drug-likeness (QED) is 0.756. The molecular weight excluding hydrogens is 264 g/mol. The molecule has 0 spiro atoms. The minimum absolute atomic E-state index is 0.0537. The Kier molecular flexibility index (Phi) is 3.25. The SMILES string of the molecule is COc1ccc(-c2noc(C3CNC(=O)CN3)n2)nn1. The summed E-state index contributed by atoms with van der Waals surface area (Å²) < 4.78 is 10.1. The summed E-state index contributed by atoms with van der Waals surface area (Å²) in [5, 5.41) is 17.4. The van der Waals surface area contributed by atoms with Crippen LogP contribution in [0.2, 0.25) is 0 Å². The molecule has 104 valence electrons. The van der Waals surface area contributed by atoms with Gasteiger partial charge < -0.3 is 14.6 Å². The zero-order valence-electron chi connectivity index (χ0n) is 10.7. The van der Waals surface area contributed by atoms with Crippen LogP contribution in [0.4, 0.5) is 0 Å². The second-order valence-electron chi connectivity index (χ2n) is 4.15. The minimum Gasteiger partial charge on any atom is -0.480 e. The number of nitrogens with one attached hydrogen (secondary N) is 2. The standard InChI is InChI=1S/C11H12N6O3/c1-19-9-3-2-6(15-16-9)10-14-11(20-17-10)7-4-13-8(18)5-12-7/h2-3,7,12H,4-5H2,1H3,(H,13,18). The number of methoxy groups -OCH3 is 1. The van der Waals surface area contributed by atoms with Gasteiger partial charge in [0.25, 0.3) is 0 Å². The summed E-state index contributed by atoms with van der Waals surface area (Å²) in [6, 6.07) is 3.16. The van der Waals surface area contributed by atoms with Gasteiger partial charge in [-0.25, -0.2) is 0 Å². The van der Waals surface area contributed by atoms with Crippen molar-refractivity contribution in [1.29, 1.82) is 0 Å². The first kappa shape index (κ1) is 12.5. The van der Waals surface area contributed by atoms with Gasteiger partial charge in [-0.15, -0.1) is 10.2 Å². The lowest BCUT2D eigenvalue weighted by atomic mass is 10.2. The summed E-state index contributed by atoms with van der Waals surface area (Å²) >= 11 is 0. The maximum absolute atomic E-state index is 11.1. The fourth-order valence-electron chi connectivity index (χ4n) is 1.77. The van der Waals surface area contributed by atoms with Crippen LogP contribution in [0.3, 0.4) is 0 Å². The highest BCUT2D eigenvalue weighted by Gasteiger charge is 2.24. The van der Waals surface area contributed by atoms with E-state index < -0.39 is 0 Å². The first-order valence-corrected chi connectivity index (χ1v) is 5.98. The number of hydrogen-bond donors (Lipinski definition) is 2. The van der Waals surface area contributed by atoms with Gasteiger partial charge in [0.05, 0.1) is 13.7 Å². The van der Waals surface area contributed by atoms with Crippen LogP contribution in [0.25, 0.3) is 11.5 Å². The molecule has 2 aromatic rings. The topological polar surface area (TPSA) is 115 Å². The third-order valence-corrected chi connectivity index (χ3v) is 2.83. The smallest absolute Gasteiger partial charge is 0.245 e. The number of piperazine rings is 1. The summed E-state index contributed by atoms with van der Waals surface area (Å²) in [5.41, 5.74) is 0.487. The molecule has 1 unspecified atom stereocenters. The lowest BCUT2D eigenvalue weighted by Gasteiger charge is -2.20. The fourth-order valence-corrected chi connectivity index (χ4v) is 1.77. The van der Waals surface area contributed by atoms with Crippen molar-refractivity contribution >= 4 is 5.91 Å². The molecule has 0 aliphatic carbocycles. The van der Waals surface area contributed by atoms with Crippen molar-refractivity contribution in [2.45, 2.75) is 6.04 Å². The van der Waals surface area contributed by atoms with Crippen molar-refractivity contribution in [3.05, 3.63) is 18.0 Å². The molecule has 1 amide bonds. The Bertz CT molecular complexity index is 601. The number of nitrogens with zero attached hydrogens (tertiary/aromatic N) is 4. The van der Waals surface area contributed by atoms with Gasteiger partial charge in [0.2, 0.25) is 23.5 Å². The van der Waals surface area contributed by atoms with E-state index in [0.29, 0.717) is 29.8 Å². The van der Waals surface area contributed by atoms with E-state index in [0.717, 1.165) is 0 Å².